The Bertz CT molecular complexity index is 1100. The van der Waals surface area contributed by atoms with Gasteiger partial charge in [-0.15, -0.1) is 0 Å². The van der Waals surface area contributed by atoms with Crippen LogP contribution in [0.3, 0.4) is 0 Å². The van der Waals surface area contributed by atoms with Crippen molar-refractivity contribution in [2.24, 2.45) is 0 Å². The highest BCUT2D eigenvalue weighted by Gasteiger charge is 2.37. The molecule has 1 atom stereocenters. The third-order valence-corrected chi connectivity index (χ3v) is 5.95. The van der Waals surface area contributed by atoms with E-state index in [2.05, 4.69) is 0 Å². The van der Waals surface area contributed by atoms with Crippen molar-refractivity contribution in [1.29, 1.82) is 0 Å². The molecule has 2 aromatic carbocycles. The van der Waals surface area contributed by atoms with E-state index in [1.165, 1.54) is 0 Å². The van der Waals surface area contributed by atoms with E-state index in [4.69, 9.17) is 0 Å². The number of β-amino-alcohol motifs (C(OH)–C–C–N with tert-alkyl or cyclic N) is 1. The number of fused-ring (bicyclic) bond motifs is 1. The molecule has 0 aromatic heterocycles. The van der Waals surface area contributed by atoms with Crippen LogP contribution in [0.15, 0.2) is 42.5 Å². The molecule has 2 aliphatic heterocycles. The van der Waals surface area contributed by atoms with Gasteiger partial charge in [-0.25, -0.2) is 0 Å². The number of aliphatic hydroxyl groups excluding tert-OH is 1. The van der Waals surface area contributed by atoms with Crippen LogP contribution in [-0.4, -0.2) is 77.0 Å². The Balaban J connectivity index is 1.35. The van der Waals surface area contributed by atoms with Gasteiger partial charge >= 0.3 is 6.18 Å². The summed E-state index contributed by atoms with van der Waals surface area (Å²) in [6.07, 6.45) is -5.69. The number of hydrogen-bond donors (Lipinski definition) is 1. The zero-order valence-corrected chi connectivity index (χ0v) is 17.9. The quantitative estimate of drug-likeness (QED) is 0.386. The number of aliphatic hydroxyl groups is 1. The first-order valence-corrected chi connectivity index (χ1v) is 10.5. The van der Waals surface area contributed by atoms with Crippen LogP contribution in [0.25, 0.3) is 0 Å². The molecule has 34 heavy (non-hydrogen) atoms. The number of carbonyl (C=O) groups excluding carboxylic acids is 2. The Morgan fingerprint density at radius 3 is 2.09 bits per heavy atom. The van der Waals surface area contributed by atoms with Crippen molar-refractivity contribution in [3.8, 4) is 0 Å². The molecular weight excluding hydrogens is 457 g/mol. The van der Waals surface area contributed by atoms with Crippen LogP contribution < -0.4 is 4.90 Å². The van der Waals surface area contributed by atoms with Gasteiger partial charge in [0.05, 0.1) is 34.3 Å². The van der Waals surface area contributed by atoms with Crippen LogP contribution in [0.5, 0.6) is 0 Å². The number of piperazine rings is 1. The standard InChI is InChI=1S/C22H21F3N4O5/c23-22(24,25)14-5-6-18(19(11-14)29(33)34)27-9-7-26(8-10-27)12-15(30)13-28-20(31)16-3-1-2-4-17(16)21(28)32/h1-6,11,15,30H,7-10,12-13H2. The predicted octanol–water partition coefficient (Wildman–Crippen LogP) is 2.39. The summed E-state index contributed by atoms with van der Waals surface area (Å²) in [5, 5.41) is 21.8. The van der Waals surface area contributed by atoms with Gasteiger partial charge in [0.2, 0.25) is 0 Å². The van der Waals surface area contributed by atoms with Crippen molar-refractivity contribution < 1.29 is 32.8 Å². The lowest BCUT2D eigenvalue weighted by atomic mass is 10.1. The number of hydrogen-bond acceptors (Lipinski definition) is 7. The van der Waals surface area contributed by atoms with Gasteiger partial charge in [-0.05, 0) is 24.3 Å². The Hall–Kier alpha value is -3.51. The fraction of sp³-hybridized carbons (Fsp3) is 0.364. The van der Waals surface area contributed by atoms with Crippen molar-refractivity contribution in [3.63, 3.8) is 0 Å². The summed E-state index contributed by atoms with van der Waals surface area (Å²) in [4.78, 5) is 40.0. The maximum Gasteiger partial charge on any atom is 0.416 e. The predicted molar refractivity (Wildman–Crippen MR) is 115 cm³/mol. The third-order valence-electron chi connectivity index (χ3n) is 5.95. The maximum absolute atomic E-state index is 12.9. The van der Waals surface area contributed by atoms with Gasteiger partial charge in [0.15, 0.2) is 0 Å². The van der Waals surface area contributed by atoms with E-state index < -0.39 is 40.3 Å². The molecule has 2 aromatic rings. The molecule has 12 heteroatoms. The second-order valence-corrected chi connectivity index (χ2v) is 8.17. The molecule has 0 spiro atoms. The number of anilines is 1. The van der Waals surface area contributed by atoms with Crippen LogP contribution in [-0.2, 0) is 6.18 Å². The van der Waals surface area contributed by atoms with Crippen LogP contribution in [0, 0.1) is 10.1 Å². The number of alkyl halides is 3. The molecule has 1 fully saturated rings. The van der Waals surface area contributed by atoms with Gasteiger partial charge < -0.3 is 10.0 Å². The third kappa shape index (κ3) is 4.59. The summed E-state index contributed by atoms with van der Waals surface area (Å²) in [6.45, 7) is 1.36. The highest BCUT2D eigenvalue weighted by atomic mass is 19.4. The molecule has 4 rings (SSSR count). The molecule has 9 nitrogen and oxygen atoms in total. The first-order valence-electron chi connectivity index (χ1n) is 10.5. The van der Waals surface area contributed by atoms with Gasteiger partial charge in [0, 0.05) is 38.8 Å². The summed E-state index contributed by atoms with van der Waals surface area (Å²) in [6, 6.07) is 8.89. The molecule has 180 valence electrons. The minimum absolute atomic E-state index is 0.101. The van der Waals surface area contributed by atoms with Crippen LogP contribution >= 0.6 is 0 Å². The lowest BCUT2D eigenvalue weighted by Crippen LogP contribution is -2.50. The highest BCUT2D eigenvalue weighted by molar-refractivity contribution is 6.21. The summed E-state index contributed by atoms with van der Waals surface area (Å²) in [7, 11) is 0. The average Bonchev–Trinajstić information content (AvgIpc) is 3.03. The second kappa shape index (κ2) is 9.03. The molecule has 0 aliphatic carbocycles. The Morgan fingerprint density at radius 1 is 0.971 bits per heavy atom. The number of nitrogens with zero attached hydrogens (tertiary/aromatic N) is 4. The summed E-state index contributed by atoms with van der Waals surface area (Å²) >= 11 is 0. The molecule has 2 amide bonds. The molecule has 0 bridgehead atoms. The number of halogens is 3. The zero-order valence-electron chi connectivity index (χ0n) is 17.9. The summed E-state index contributed by atoms with van der Waals surface area (Å²) in [5.74, 6) is -0.918. The Labute approximate surface area is 192 Å². The fourth-order valence-electron chi connectivity index (χ4n) is 4.26. The van der Waals surface area contributed by atoms with E-state index in [1.54, 1.807) is 29.2 Å². The van der Waals surface area contributed by atoms with Crippen molar-refractivity contribution >= 4 is 23.2 Å². The highest BCUT2D eigenvalue weighted by Crippen LogP contribution is 2.36. The topological polar surface area (TPSA) is 107 Å². The lowest BCUT2D eigenvalue weighted by Gasteiger charge is -2.37. The largest absolute Gasteiger partial charge is 0.416 e. The van der Waals surface area contributed by atoms with Gasteiger partial charge in [-0.2, -0.15) is 13.2 Å². The minimum atomic E-state index is -4.68. The van der Waals surface area contributed by atoms with E-state index in [0.29, 0.717) is 43.4 Å². The maximum atomic E-state index is 12.9. The number of carbonyl (C=O) groups is 2. The number of benzene rings is 2. The SMILES string of the molecule is O=C1c2ccccc2C(=O)N1CC(O)CN1CCN(c2ccc(C(F)(F)F)cc2[N+](=O)[O-])CC1. The van der Waals surface area contributed by atoms with Gasteiger partial charge in [-0.1, -0.05) is 12.1 Å². The molecule has 2 heterocycles. The molecular formula is C22H21F3N4O5. The molecule has 0 saturated carbocycles. The molecule has 1 N–H and O–H groups in total. The number of rotatable bonds is 6. The van der Waals surface area contributed by atoms with Crippen LogP contribution in [0.1, 0.15) is 26.3 Å². The van der Waals surface area contributed by atoms with Crippen molar-refractivity contribution in [2.75, 3.05) is 44.2 Å². The lowest BCUT2D eigenvalue weighted by molar-refractivity contribution is -0.384. The van der Waals surface area contributed by atoms with Crippen molar-refractivity contribution in [3.05, 3.63) is 69.3 Å². The Kier molecular flexibility index (Phi) is 6.28. The van der Waals surface area contributed by atoms with Crippen LogP contribution in [0.2, 0.25) is 0 Å². The van der Waals surface area contributed by atoms with E-state index in [0.717, 1.165) is 17.0 Å². The molecule has 1 unspecified atom stereocenters. The first-order chi connectivity index (χ1) is 16.1. The van der Waals surface area contributed by atoms with Gasteiger partial charge in [0.1, 0.15) is 5.69 Å². The first kappa shape index (κ1) is 23.6. The normalized spacial score (nSPS) is 17.8. The zero-order chi connectivity index (χ0) is 24.6. The van der Waals surface area contributed by atoms with E-state index in [1.807, 2.05) is 4.90 Å². The monoisotopic (exact) mass is 478 g/mol. The smallest absolute Gasteiger partial charge is 0.390 e. The Morgan fingerprint density at radius 2 is 1.56 bits per heavy atom. The van der Waals surface area contributed by atoms with E-state index in [-0.39, 0.29) is 18.8 Å². The summed E-state index contributed by atoms with van der Waals surface area (Å²) in [5.41, 5.74) is -1.01. The van der Waals surface area contributed by atoms with Gasteiger partial charge in [0.25, 0.3) is 17.5 Å². The summed E-state index contributed by atoms with van der Waals surface area (Å²) < 4.78 is 38.8. The number of imide groups is 1. The fourth-order valence-corrected chi connectivity index (χ4v) is 4.26. The van der Waals surface area contributed by atoms with E-state index in [9.17, 15) is 38.0 Å². The van der Waals surface area contributed by atoms with Crippen molar-refractivity contribution in [1.82, 2.24) is 9.80 Å². The van der Waals surface area contributed by atoms with E-state index >= 15 is 0 Å². The number of amides is 2. The van der Waals surface area contributed by atoms with Gasteiger partial charge in [-0.3, -0.25) is 29.5 Å². The minimum Gasteiger partial charge on any atom is -0.390 e. The average molecular weight is 478 g/mol. The molecule has 1 saturated heterocycles. The van der Waals surface area contributed by atoms with Crippen molar-refractivity contribution in [2.45, 2.75) is 12.3 Å². The number of nitro benzene ring substituents is 1. The van der Waals surface area contributed by atoms with Crippen LogP contribution in [0.4, 0.5) is 24.5 Å². The molecule has 2 aliphatic rings. The number of nitro groups is 1. The molecule has 0 radical (unpaired) electrons. The second-order valence-electron chi connectivity index (χ2n) is 8.17.